The lowest BCUT2D eigenvalue weighted by Gasteiger charge is -2.18. The highest BCUT2D eigenvalue weighted by Crippen LogP contribution is 2.27. The second-order valence-corrected chi connectivity index (χ2v) is 4.99. The molecule has 3 heteroatoms. The van der Waals surface area contributed by atoms with Crippen LogP contribution >= 0.6 is 0 Å². The molecule has 3 aromatic rings. The molecule has 0 bridgehead atoms. The lowest BCUT2D eigenvalue weighted by molar-refractivity contribution is 0.558. The van der Waals surface area contributed by atoms with Crippen molar-refractivity contribution >= 4 is 10.8 Å². The van der Waals surface area contributed by atoms with Gasteiger partial charge in [-0.25, -0.2) is 8.78 Å². The topological polar surface area (TPSA) is 12.0 Å². The zero-order valence-electron chi connectivity index (χ0n) is 11.6. The minimum atomic E-state index is -0.438. The largest absolute Gasteiger partial charge is 0.309 e. The van der Waals surface area contributed by atoms with Crippen LogP contribution in [0.2, 0.25) is 0 Å². The summed E-state index contributed by atoms with van der Waals surface area (Å²) in [7, 11) is 1.74. The summed E-state index contributed by atoms with van der Waals surface area (Å²) in [5, 5.41) is 5.26. The molecule has 0 saturated heterocycles. The highest BCUT2D eigenvalue weighted by Gasteiger charge is 2.17. The molecule has 1 atom stereocenters. The lowest BCUT2D eigenvalue weighted by atomic mass is 9.96. The first-order chi connectivity index (χ1) is 10.2. The van der Waals surface area contributed by atoms with Crippen LogP contribution in [-0.4, -0.2) is 7.05 Å². The van der Waals surface area contributed by atoms with Crippen molar-refractivity contribution in [2.45, 2.75) is 6.04 Å². The van der Waals surface area contributed by atoms with Crippen LogP contribution in [0.25, 0.3) is 10.8 Å². The van der Waals surface area contributed by atoms with E-state index in [1.54, 1.807) is 7.05 Å². The van der Waals surface area contributed by atoms with E-state index in [1.165, 1.54) is 6.07 Å². The second-order valence-electron chi connectivity index (χ2n) is 4.99. The maximum Gasteiger partial charge on any atom is 0.128 e. The molecule has 1 nitrogen and oxygen atoms in total. The van der Waals surface area contributed by atoms with Crippen LogP contribution in [0.15, 0.2) is 60.7 Å². The Morgan fingerprint density at radius 2 is 1.62 bits per heavy atom. The number of rotatable bonds is 3. The molecular formula is C18H15F2N. The average molecular weight is 283 g/mol. The SMILES string of the molecule is CNC(c1ccc2ccccc2c1)c1cc(F)ccc1F. The van der Waals surface area contributed by atoms with E-state index in [0.29, 0.717) is 5.56 Å². The minimum Gasteiger partial charge on any atom is -0.309 e. The summed E-state index contributed by atoms with van der Waals surface area (Å²) < 4.78 is 27.4. The van der Waals surface area contributed by atoms with E-state index in [4.69, 9.17) is 0 Å². The molecule has 0 saturated carbocycles. The van der Waals surface area contributed by atoms with E-state index < -0.39 is 11.6 Å². The van der Waals surface area contributed by atoms with Gasteiger partial charge in [-0.3, -0.25) is 0 Å². The molecule has 106 valence electrons. The van der Waals surface area contributed by atoms with Crippen molar-refractivity contribution in [1.29, 1.82) is 0 Å². The predicted molar refractivity (Wildman–Crippen MR) is 81.2 cm³/mol. The summed E-state index contributed by atoms with van der Waals surface area (Å²) in [6, 6.07) is 17.1. The maximum absolute atomic E-state index is 14.0. The lowest BCUT2D eigenvalue weighted by Crippen LogP contribution is -2.19. The summed E-state index contributed by atoms with van der Waals surface area (Å²) in [6.07, 6.45) is 0. The van der Waals surface area contributed by atoms with Crippen LogP contribution in [-0.2, 0) is 0 Å². The van der Waals surface area contributed by atoms with E-state index >= 15 is 0 Å². The number of hydrogen-bond donors (Lipinski definition) is 1. The van der Waals surface area contributed by atoms with Crippen molar-refractivity contribution in [1.82, 2.24) is 5.32 Å². The van der Waals surface area contributed by atoms with E-state index in [0.717, 1.165) is 28.5 Å². The first-order valence-corrected chi connectivity index (χ1v) is 6.80. The third-order valence-corrected chi connectivity index (χ3v) is 3.66. The van der Waals surface area contributed by atoms with Gasteiger partial charge in [0, 0.05) is 5.56 Å². The zero-order chi connectivity index (χ0) is 14.8. The molecule has 21 heavy (non-hydrogen) atoms. The van der Waals surface area contributed by atoms with Crippen LogP contribution < -0.4 is 5.32 Å². The predicted octanol–water partition coefficient (Wildman–Crippen LogP) is 4.43. The monoisotopic (exact) mass is 283 g/mol. The Balaban J connectivity index is 2.11. The number of benzene rings is 3. The van der Waals surface area contributed by atoms with E-state index in [9.17, 15) is 8.78 Å². The molecule has 0 spiro atoms. The molecule has 0 fully saturated rings. The van der Waals surface area contributed by atoms with E-state index in [1.807, 2.05) is 42.5 Å². The summed E-state index contributed by atoms with van der Waals surface area (Å²) >= 11 is 0. The number of hydrogen-bond acceptors (Lipinski definition) is 1. The van der Waals surface area contributed by atoms with Gasteiger partial charge in [-0.05, 0) is 47.6 Å². The van der Waals surface area contributed by atoms with Gasteiger partial charge in [0.25, 0.3) is 0 Å². The molecule has 3 rings (SSSR count). The van der Waals surface area contributed by atoms with Gasteiger partial charge in [0.05, 0.1) is 6.04 Å². The van der Waals surface area contributed by atoms with Gasteiger partial charge in [0.1, 0.15) is 11.6 Å². The summed E-state index contributed by atoms with van der Waals surface area (Å²) in [4.78, 5) is 0. The molecule has 0 aliphatic carbocycles. The normalized spacial score (nSPS) is 12.5. The molecule has 0 aliphatic rings. The Kier molecular flexibility index (Phi) is 3.67. The van der Waals surface area contributed by atoms with Crippen LogP contribution in [0.1, 0.15) is 17.2 Å². The first kappa shape index (κ1) is 13.7. The highest BCUT2D eigenvalue weighted by molar-refractivity contribution is 5.83. The third kappa shape index (κ3) is 2.65. The summed E-state index contributed by atoms with van der Waals surface area (Å²) in [6.45, 7) is 0. The molecular weight excluding hydrogens is 268 g/mol. The molecule has 1 N–H and O–H groups in total. The zero-order valence-corrected chi connectivity index (χ0v) is 11.6. The molecule has 0 aromatic heterocycles. The molecule has 0 radical (unpaired) electrons. The fourth-order valence-electron chi connectivity index (χ4n) is 2.62. The van der Waals surface area contributed by atoms with Gasteiger partial charge < -0.3 is 5.32 Å². The van der Waals surface area contributed by atoms with Gasteiger partial charge in [-0.15, -0.1) is 0 Å². The van der Waals surface area contributed by atoms with Gasteiger partial charge in [0.2, 0.25) is 0 Å². The van der Waals surface area contributed by atoms with Crippen molar-refractivity contribution in [3.63, 3.8) is 0 Å². The van der Waals surface area contributed by atoms with Gasteiger partial charge in [-0.1, -0.05) is 36.4 Å². The van der Waals surface area contributed by atoms with E-state index in [-0.39, 0.29) is 6.04 Å². The molecule has 1 unspecified atom stereocenters. The minimum absolute atomic E-state index is 0.313. The second kappa shape index (κ2) is 5.62. The summed E-state index contributed by atoms with van der Waals surface area (Å²) in [5.41, 5.74) is 1.22. The van der Waals surface area contributed by atoms with Crippen LogP contribution in [0.5, 0.6) is 0 Å². The average Bonchev–Trinajstić information content (AvgIpc) is 2.51. The van der Waals surface area contributed by atoms with Gasteiger partial charge >= 0.3 is 0 Å². The van der Waals surface area contributed by atoms with Gasteiger partial charge in [-0.2, -0.15) is 0 Å². The fraction of sp³-hybridized carbons (Fsp3) is 0.111. The smallest absolute Gasteiger partial charge is 0.128 e. The Morgan fingerprint density at radius 1 is 0.857 bits per heavy atom. The van der Waals surface area contributed by atoms with Crippen LogP contribution in [0, 0.1) is 11.6 Å². The number of fused-ring (bicyclic) bond motifs is 1. The third-order valence-electron chi connectivity index (χ3n) is 3.66. The van der Waals surface area contributed by atoms with Crippen molar-refractivity contribution in [2.75, 3.05) is 7.05 Å². The maximum atomic E-state index is 14.0. The van der Waals surface area contributed by atoms with E-state index in [2.05, 4.69) is 5.32 Å². The van der Waals surface area contributed by atoms with Crippen molar-refractivity contribution in [3.05, 3.63) is 83.4 Å². The number of halogens is 2. The first-order valence-electron chi connectivity index (χ1n) is 6.80. The van der Waals surface area contributed by atoms with Crippen molar-refractivity contribution in [3.8, 4) is 0 Å². The van der Waals surface area contributed by atoms with Crippen LogP contribution in [0.3, 0.4) is 0 Å². The van der Waals surface area contributed by atoms with Gasteiger partial charge in [0.15, 0.2) is 0 Å². The quantitative estimate of drug-likeness (QED) is 0.750. The fourth-order valence-corrected chi connectivity index (χ4v) is 2.62. The van der Waals surface area contributed by atoms with Crippen molar-refractivity contribution in [2.24, 2.45) is 0 Å². The Bertz CT molecular complexity index is 783. The number of nitrogens with one attached hydrogen (secondary N) is 1. The molecule has 0 amide bonds. The Hall–Kier alpha value is -2.26. The standard InChI is InChI=1S/C18H15F2N/c1-21-18(16-11-15(19)8-9-17(16)20)14-7-6-12-4-2-3-5-13(12)10-14/h2-11,18,21H,1H3. The molecule has 0 aliphatic heterocycles. The Labute approximate surface area is 122 Å². The molecule has 0 heterocycles. The highest BCUT2D eigenvalue weighted by atomic mass is 19.1. The summed E-state index contributed by atoms with van der Waals surface area (Å²) in [5.74, 6) is -0.851. The Morgan fingerprint density at radius 3 is 2.38 bits per heavy atom. The van der Waals surface area contributed by atoms with Crippen molar-refractivity contribution < 1.29 is 8.78 Å². The molecule has 3 aromatic carbocycles. The van der Waals surface area contributed by atoms with Crippen LogP contribution in [0.4, 0.5) is 8.78 Å².